The molecule has 1 saturated carbocycles. The van der Waals surface area contributed by atoms with Gasteiger partial charge in [0.15, 0.2) is 0 Å². The van der Waals surface area contributed by atoms with E-state index in [1.165, 1.54) is 71.1 Å². The lowest BCUT2D eigenvalue weighted by Crippen LogP contribution is -2.20. The highest BCUT2D eigenvalue weighted by Gasteiger charge is 2.36. The Hall–Kier alpha value is -0.0800. The molecule has 0 aromatic carbocycles. The fourth-order valence-electron chi connectivity index (χ4n) is 4.34. The van der Waals surface area contributed by atoms with E-state index in [2.05, 4.69) is 37.5 Å². The summed E-state index contributed by atoms with van der Waals surface area (Å²) in [5.74, 6) is 2.10. The van der Waals surface area contributed by atoms with Crippen molar-refractivity contribution in [3.05, 3.63) is 0 Å². The van der Waals surface area contributed by atoms with E-state index in [9.17, 15) is 0 Å². The zero-order chi connectivity index (χ0) is 15.7. The lowest BCUT2D eigenvalue weighted by Gasteiger charge is -2.30. The molecule has 0 spiro atoms. The van der Waals surface area contributed by atoms with E-state index in [1.807, 2.05) is 0 Å². The highest BCUT2D eigenvalue weighted by Crippen LogP contribution is 2.45. The SMILES string of the molecule is CC1CC1CCC(C)(CCCN1CC1C)CCCN1CC1C. The van der Waals surface area contributed by atoms with E-state index in [4.69, 9.17) is 0 Å². The fourth-order valence-corrected chi connectivity index (χ4v) is 4.34. The van der Waals surface area contributed by atoms with E-state index in [1.54, 1.807) is 0 Å². The van der Waals surface area contributed by atoms with E-state index < -0.39 is 0 Å². The Balaban J connectivity index is 1.38. The molecule has 0 aromatic heterocycles. The summed E-state index contributed by atoms with van der Waals surface area (Å²) in [5.41, 5.74) is 0.612. The monoisotopic (exact) mass is 306 g/mol. The second-order valence-corrected chi connectivity index (χ2v) is 9.22. The summed E-state index contributed by atoms with van der Waals surface area (Å²) in [6, 6.07) is 1.76. The Morgan fingerprint density at radius 3 is 1.68 bits per heavy atom. The van der Waals surface area contributed by atoms with Gasteiger partial charge in [-0.3, -0.25) is 9.80 Å². The van der Waals surface area contributed by atoms with Crippen molar-refractivity contribution in [1.82, 2.24) is 9.80 Å². The molecular weight excluding hydrogens is 268 g/mol. The van der Waals surface area contributed by atoms with Crippen molar-refractivity contribution < 1.29 is 0 Å². The van der Waals surface area contributed by atoms with Gasteiger partial charge in [0.1, 0.15) is 0 Å². The molecule has 2 saturated heterocycles. The molecule has 0 bridgehead atoms. The summed E-state index contributed by atoms with van der Waals surface area (Å²) in [5, 5.41) is 0. The molecule has 3 aliphatic rings. The van der Waals surface area contributed by atoms with Gasteiger partial charge < -0.3 is 0 Å². The van der Waals surface area contributed by atoms with Crippen molar-refractivity contribution >= 4 is 0 Å². The number of rotatable bonds is 11. The van der Waals surface area contributed by atoms with Crippen LogP contribution in [0.25, 0.3) is 0 Å². The molecule has 0 N–H and O–H groups in total. The Kier molecular flexibility index (Phi) is 5.19. The first-order valence-corrected chi connectivity index (χ1v) is 9.95. The maximum Gasteiger partial charge on any atom is 0.0195 e. The second-order valence-electron chi connectivity index (χ2n) is 9.22. The first-order chi connectivity index (χ1) is 10.5. The topological polar surface area (TPSA) is 6.02 Å². The lowest BCUT2D eigenvalue weighted by molar-refractivity contribution is 0.214. The van der Waals surface area contributed by atoms with E-state index in [0.29, 0.717) is 5.41 Å². The zero-order valence-electron chi connectivity index (χ0n) is 15.5. The zero-order valence-corrected chi connectivity index (χ0v) is 15.5. The third kappa shape index (κ3) is 4.96. The van der Waals surface area contributed by atoms with Gasteiger partial charge in [-0.05, 0) is 89.1 Å². The molecule has 2 aliphatic heterocycles. The molecule has 3 fully saturated rings. The molecule has 22 heavy (non-hydrogen) atoms. The maximum absolute atomic E-state index is 2.63. The lowest BCUT2D eigenvalue weighted by atomic mass is 9.76. The van der Waals surface area contributed by atoms with Gasteiger partial charge in [0.25, 0.3) is 0 Å². The quantitative estimate of drug-likeness (QED) is 0.522. The second kappa shape index (κ2) is 6.81. The normalized spacial score (nSPS) is 42.0. The van der Waals surface area contributed by atoms with Crippen LogP contribution in [-0.2, 0) is 0 Å². The maximum atomic E-state index is 2.63. The first kappa shape index (κ1) is 16.8. The smallest absolute Gasteiger partial charge is 0.0195 e. The van der Waals surface area contributed by atoms with Crippen LogP contribution in [0.2, 0.25) is 0 Å². The molecular formula is C20H38N2. The van der Waals surface area contributed by atoms with Crippen LogP contribution in [0, 0.1) is 17.3 Å². The molecule has 3 rings (SSSR count). The Morgan fingerprint density at radius 2 is 1.32 bits per heavy atom. The Morgan fingerprint density at radius 1 is 0.864 bits per heavy atom. The van der Waals surface area contributed by atoms with Crippen LogP contribution in [0.5, 0.6) is 0 Å². The van der Waals surface area contributed by atoms with Crippen LogP contribution in [0.3, 0.4) is 0 Å². The summed E-state index contributed by atoms with van der Waals surface area (Å²) in [7, 11) is 0. The molecule has 0 amide bonds. The van der Waals surface area contributed by atoms with Crippen molar-refractivity contribution in [3.8, 4) is 0 Å². The predicted molar refractivity (Wildman–Crippen MR) is 95.2 cm³/mol. The molecule has 2 heterocycles. The van der Waals surface area contributed by atoms with Crippen molar-refractivity contribution in [2.75, 3.05) is 26.2 Å². The standard InChI is InChI=1S/C20H38N2/c1-16-13-19(16)7-10-20(4,8-5-11-21-14-17(21)2)9-6-12-22-15-18(22)3/h16-19H,5-15H2,1-4H3. The Labute approximate surface area is 138 Å². The van der Waals surface area contributed by atoms with Crippen LogP contribution in [0.15, 0.2) is 0 Å². The summed E-state index contributed by atoms with van der Waals surface area (Å²) >= 11 is 0. The van der Waals surface area contributed by atoms with Gasteiger partial charge in [-0.1, -0.05) is 13.8 Å². The number of hydrogen-bond donors (Lipinski definition) is 0. The van der Waals surface area contributed by atoms with Gasteiger partial charge in [0, 0.05) is 25.2 Å². The molecule has 0 aromatic rings. The highest BCUT2D eigenvalue weighted by molar-refractivity contribution is 4.89. The van der Waals surface area contributed by atoms with Crippen LogP contribution in [-0.4, -0.2) is 48.1 Å². The van der Waals surface area contributed by atoms with Crippen molar-refractivity contribution in [2.45, 2.75) is 84.7 Å². The van der Waals surface area contributed by atoms with Crippen LogP contribution in [0.1, 0.15) is 72.6 Å². The molecule has 2 heteroatoms. The molecule has 6 unspecified atom stereocenters. The van der Waals surface area contributed by atoms with E-state index in [0.717, 1.165) is 23.9 Å². The molecule has 0 radical (unpaired) electrons. The van der Waals surface area contributed by atoms with Crippen molar-refractivity contribution in [3.63, 3.8) is 0 Å². The third-order valence-corrected chi connectivity index (χ3v) is 6.82. The average Bonchev–Trinajstić information content (AvgIpc) is 3.38. The van der Waals surface area contributed by atoms with E-state index >= 15 is 0 Å². The molecule has 1 aliphatic carbocycles. The van der Waals surface area contributed by atoms with Crippen molar-refractivity contribution in [2.24, 2.45) is 17.3 Å². The van der Waals surface area contributed by atoms with Crippen LogP contribution in [0.4, 0.5) is 0 Å². The summed E-state index contributed by atoms with van der Waals surface area (Å²) in [6.07, 6.45) is 10.2. The van der Waals surface area contributed by atoms with Gasteiger partial charge in [0.2, 0.25) is 0 Å². The molecule has 2 nitrogen and oxygen atoms in total. The van der Waals surface area contributed by atoms with Gasteiger partial charge in [-0.2, -0.15) is 0 Å². The third-order valence-electron chi connectivity index (χ3n) is 6.82. The van der Waals surface area contributed by atoms with Crippen molar-refractivity contribution in [1.29, 1.82) is 0 Å². The van der Waals surface area contributed by atoms with Crippen LogP contribution < -0.4 is 0 Å². The van der Waals surface area contributed by atoms with Gasteiger partial charge in [0.05, 0.1) is 0 Å². The highest BCUT2D eigenvalue weighted by atomic mass is 15.3. The first-order valence-electron chi connectivity index (χ1n) is 9.95. The van der Waals surface area contributed by atoms with Gasteiger partial charge in [-0.25, -0.2) is 0 Å². The largest absolute Gasteiger partial charge is 0.298 e. The minimum Gasteiger partial charge on any atom is -0.298 e. The average molecular weight is 307 g/mol. The fraction of sp³-hybridized carbons (Fsp3) is 1.00. The molecule has 128 valence electrons. The minimum absolute atomic E-state index is 0.612. The van der Waals surface area contributed by atoms with Gasteiger partial charge >= 0.3 is 0 Å². The number of hydrogen-bond acceptors (Lipinski definition) is 2. The molecule has 6 atom stereocenters. The minimum atomic E-state index is 0.612. The van der Waals surface area contributed by atoms with E-state index in [-0.39, 0.29) is 0 Å². The van der Waals surface area contributed by atoms with Gasteiger partial charge in [-0.15, -0.1) is 0 Å². The number of nitrogens with zero attached hydrogens (tertiary/aromatic N) is 2. The van der Waals surface area contributed by atoms with Crippen LogP contribution >= 0.6 is 0 Å². The summed E-state index contributed by atoms with van der Waals surface area (Å²) in [6.45, 7) is 15.1. The summed E-state index contributed by atoms with van der Waals surface area (Å²) in [4.78, 5) is 5.25. The predicted octanol–water partition coefficient (Wildman–Crippen LogP) is 4.40. The Bertz CT molecular complexity index is 345. The summed E-state index contributed by atoms with van der Waals surface area (Å²) < 4.78 is 0.